The van der Waals surface area contributed by atoms with E-state index in [0.29, 0.717) is 0 Å². The van der Waals surface area contributed by atoms with Crippen molar-refractivity contribution in [3.63, 3.8) is 0 Å². The summed E-state index contributed by atoms with van der Waals surface area (Å²) in [7, 11) is 0. The van der Waals surface area contributed by atoms with Crippen LogP contribution >= 0.6 is 0 Å². The minimum atomic E-state index is -0.0736. The fraction of sp³-hybridized carbons (Fsp3) is 0.579. The largest absolute Gasteiger partial charge is 0.338 e. The molecule has 0 N–H and O–H groups in total. The van der Waals surface area contributed by atoms with Crippen molar-refractivity contribution in [2.45, 2.75) is 45.7 Å². The SMILES string of the molecule is CC(c1nc(C(C)(C)C)no1)N1CCN(Cc2ccccc2)CC1. The number of benzene rings is 1. The normalized spacial score (nSPS) is 18.7. The monoisotopic (exact) mass is 328 g/mol. The average Bonchev–Trinajstić information content (AvgIpc) is 3.06. The molecule has 3 rings (SSSR count). The molecular formula is C19H28N4O. The van der Waals surface area contributed by atoms with E-state index in [1.165, 1.54) is 5.56 Å². The van der Waals surface area contributed by atoms with Gasteiger partial charge in [-0.15, -0.1) is 0 Å². The van der Waals surface area contributed by atoms with Gasteiger partial charge in [0.15, 0.2) is 5.82 Å². The Labute approximate surface area is 144 Å². The van der Waals surface area contributed by atoms with E-state index < -0.39 is 0 Å². The predicted octanol–water partition coefficient (Wildman–Crippen LogP) is 3.25. The third-order valence-corrected chi connectivity index (χ3v) is 4.67. The Morgan fingerprint density at radius 3 is 2.33 bits per heavy atom. The maximum atomic E-state index is 5.51. The van der Waals surface area contributed by atoms with Crippen LogP contribution in [0.15, 0.2) is 34.9 Å². The first-order chi connectivity index (χ1) is 11.4. The number of aromatic nitrogens is 2. The van der Waals surface area contributed by atoms with Gasteiger partial charge in [-0.05, 0) is 12.5 Å². The van der Waals surface area contributed by atoms with Crippen LogP contribution in [0.3, 0.4) is 0 Å². The van der Waals surface area contributed by atoms with Crippen LogP contribution in [0.4, 0.5) is 0 Å². The van der Waals surface area contributed by atoms with E-state index in [-0.39, 0.29) is 11.5 Å². The Hall–Kier alpha value is -1.72. The summed E-state index contributed by atoms with van der Waals surface area (Å²) in [5.74, 6) is 1.52. The van der Waals surface area contributed by atoms with Crippen molar-refractivity contribution in [1.82, 2.24) is 19.9 Å². The summed E-state index contributed by atoms with van der Waals surface area (Å²) < 4.78 is 5.51. The first kappa shape index (κ1) is 17.1. The minimum absolute atomic E-state index is 0.0736. The van der Waals surface area contributed by atoms with Crippen LogP contribution in [0.2, 0.25) is 0 Å². The van der Waals surface area contributed by atoms with Crippen LogP contribution in [0.5, 0.6) is 0 Å². The second-order valence-corrected chi connectivity index (χ2v) is 7.68. The second kappa shape index (κ2) is 7.03. The Balaban J connectivity index is 1.55. The zero-order valence-corrected chi connectivity index (χ0v) is 15.2. The van der Waals surface area contributed by atoms with Gasteiger partial charge in [0.05, 0.1) is 6.04 Å². The van der Waals surface area contributed by atoms with E-state index in [1.54, 1.807) is 0 Å². The van der Waals surface area contributed by atoms with Gasteiger partial charge >= 0.3 is 0 Å². The molecule has 2 heterocycles. The van der Waals surface area contributed by atoms with E-state index in [1.807, 2.05) is 0 Å². The first-order valence-electron chi connectivity index (χ1n) is 8.78. The molecular weight excluding hydrogens is 300 g/mol. The lowest BCUT2D eigenvalue weighted by Gasteiger charge is -2.36. The number of nitrogens with zero attached hydrogens (tertiary/aromatic N) is 4. The summed E-state index contributed by atoms with van der Waals surface area (Å²) in [5, 5.41) is 4.15. The van der Waals surface area contributed by atoms with Crippen LogP contribution in [-0.4, -0.2) is 46.1 Å². The molecule has 1 aliphatic heterocycles. The van der Waals surface area contributed by atoms with Gasteiger partial charge in [-0.3, -0.25) is 9.80 Å². The van der Waals surface area contributed by atoms with Crippen LogP contribution in [0.25, 0.3) is 0 Å². The molecule has 5 heteroatoms. The second-order valence-electron chi connectivity index (χ2n) is 7.68. The van der Waals surface area contributed by atoms with Gasteiger partial charge in [0.25, 0.3) is 0 Å². The molecule has 1 unspecified atom stereocenters. The third-order valence-electron chi connectivity index (χ3n) is 4.67. The van der Waals surface area contributed by atoms with Gasteiger partial charge in [-0.1, -0.05) is 56.3 Å². The molecule has 1 aromatic carbocycles. The van der Waals surface area contributed by atoms with Gasteiger partial charge in [-0.2, -0.15) is 4.98 Å². The maximum absolute atomic E-state index is 5.51. The average molecular weight is 328 g/mol. The molecule has 1 aliphatic rings. The fourth-order valence-corrected chi connectivity index (χ4v) is 3.02. The topological polar surface area (TPSA) is 45.4 Å². The van der Waals surface area contributed by atoms with Crippen molar-refractivity contribution in [1.29, 1.82) is 0 Å². The quantitative estimate of drug-likeness (QED) is 0.862. The van der Waals surface area contributed by atoms with Gasteiger partial charge < -0.3 is 4.52 Å². The fourth-order valence-electron chi connectivity index (χ4n) is 3.02. The number of rotatable bonds is 4. The molecule has 1 saturated heterocycles. The van der Waals surface area contributed by atoms with E-state index >= 15 is 0 Å². The molecule has 0 saturated carbocycles. The van der Waals surface area contributed by atoms with Gasteiger partial charge in [0.1, 0.15) is 0 Å². The van der Waals surface area contributed by atoms with Crippen LogP contribution < -0.4 is 0 Å². The van der Waals surface area contributed by atoms with Gasteiger partial charge in [0.2, 0.25) is 5.89 Å². The highest BCUT2D eigenvalue weighted by atomic mass is 16.5. The molecule has 2 aromatic rings. The van der Waals surface area contributed by atoms with Gasteiger partial charge in [-0.25, -0.2) is 0 Å². The van der Waals surface area contributed by atoms with Gasteiger partial charge in [0, 0.05) is 38.1 Å². The first-order valence-corrected chi connectivity index (χ1v) is 8.78. The Morgan fingerprint density at radius 1 is 1.08 bits per heavy atom. The van der Waals surface area contributed by atoms with E-state index in [0.717, 1.165) is 44.4 Å². The lowest BCUT2D eigenvalue weighted by molar-refractivity contribution is 0.0845. The van der Waals surface area contributed by atoms with Crippen molar-refractivity contribution in [2.24, 2.45) is 0 Å². The third kappa shape index (κ3) is 4.02. The zero-order chi connectivity index (χ0) is 17.2. The lowest BCUT2D eigenvalue weighted by Crippen LogP contribution is -2.46. The highest BCUT2D eigenvalue weighted by molar-refractivity contribution is 5.14. The van der Waals surface area contributed by atoms with E-state index in [2.05, 4.69) is 78.0 Å². The van der Waals surface area contributed by atoms with Crippen molar-refractivity contribution in [3.05, 3.63) is 47.6 Å². The standard InChI is InChI=1S/C19H28N4O/c1-15(17-20-18(21-24-17)19(2,3)4)23-12-10-22(11-13-23)14-16-8-6-5-7-9-16/h5-9,15H,10-14H2,1-4H3. The molecule has 0 amide bonds. The summed E-state index contributed by atoms with van der Waals surface area (Å²) >= 11 is 0. The smallest absolute Gasteiger partial charge is 0.243 e. The van der Waals surface area contributed by atoms with Crippen molar-refractivity contribution < 1.29 is 4.52 Å². The van der Waals surface area contributed by atoms with Crippen LogP contribution in [0.1, 0.15) is 51.0 Å². The zero-order valence-electron chi connectivity index (χ0n) is 15.2. The number of piperazine rings is 1. The number of hydrogen-bond donors (Lipinski definition) is 0. The molecule has 1 fully saturated rings. The summed E-state index contributed by atoms with van der Waals surface area (Å²) in [6.07, 6.45) is 0. The summed E-state index contributed by atoms with van der Waals surface area (Å²) in [5.41, 5.74) is 1.31. The summed E-state index contributed by atoms with van der Waals surface area (Å²) in [6, 6.07) is 10.8. The van der Waals surface area contributed by atoms with E-state index in [9.17, 15) is 0 Å². The van der Waals surface area contributed by atoms with Crippen molar-refractivity contribution in [3.8, 4) is 0 Å². The van der Waals surface area contributed by atoms with Crippen molar-refractivity contribution >= 4 is 0 Å². The molecule has 1 atom stereocenters. The molecule has 24 heavy (non-hydrogen) atoms. The predicted molar refractivity (Wildman–Crippen MR) is 94.7 cm³/mol. The Kier molecular flexibility index (Phi) is 5.01. The molecule has 130 valence electrons. The van der Waals surface area contributed by atoms with Crippen LogP contribution in [0, 0.1) is 0 Å². The molecule has 0 radical (unpaired) electrons. The lowest BCUT2D eigenvalue weighted by atomic mass is 9.96. The maximum Gasteiger partial charge on any atom is 0.243 e. The van der Waals surface area contributed by atoms with Crippen molar-refractivity contribution in [2.75, 3.05) is 26.2 Å². The van der Waals surface area contributed by atoms with Crippen LogP contribution in [-0.2, 0) is 12.0 Å². The molecule has 5 nitrogen and oxygen atoms in total. The highest BCUT2D eigenvalue weighted by Gasteiger charge is 2.28. The summed E-state index contributed by atoms with van der Waals surface area (Å²) in [4.78, 5) is 9.55. The number of hydrogen-bond acceptors (Lipinski definition) is 5. The summed E-state index contributed by atoms with van der Waals surface area (Å²) in [6.45, 7) is 13.7. The Bertz CT molecular complexity index is 639. The Morgan fingerprint density at radius 2 is 1.75 bits per heavy atom. The molecule has 0 bridgehead atoms. The minimum Gasteiger partial charge on any atom is -0.338 e. The molecule has 1 aromatic heterocycles. The highest BCUT2D eigenvalue weighted by Crippen LogP contribution is 2.24. The van der Waals surface area contributed by atoms with E-state index in [4.69, 9.17) is 4.52 Å². The molecule has 0 spiro atoms. The molecule has 0 aliphatic carbocycles.